The summed E-state index contributed by atoms with van der Waals surface area (Å²) < 4.78 is 26.1. The van der Waals surface area contributed by atoms with Gasteiger partial charge in [0.05, 0.1) is 5.39 Å². The molecule has 1 aromatic heterocycles. The van der Waals surface area contributed by atoms with Gasteiger partial charge in [-0.05, 0) is 64.9 Å². The Morgan fingerprint density at radius 2 is 1.67 bits per heavy atom. The third-order valence-electron chi connectivity index (χ3n) is 3.65. The van der Waals surface area contributed by atoms with Gasteiger partial charge in [0.25, 0.3) is 5.88 Å². The van der Waals surface area contributed by atoms with Crippen molar-refractivity contribution >= 4 is 34.9 Å². The first-order valence-electron chi connectivity index (χ1n) is 10.2. The van der Waals surface area contributed by atoms with Crippen LogP contribution in [0.5, 0.6) is 5.88 Å². The van der Waals surface area contributed by atoms with Gasteiger partial charge < -0.3 is 34.5 Å². The summed E-state index contributed by atoms with van der Waals surface area (Å²) in [5.74, 6) is 0.105. The van der Waals surface area contributed by atoms with Crippen LogP contribution < -0.4 is 21.1 Å². The van der Waals surface area contributed by atoms with Crippen molar-refractivity contribution in [3.8, 4) is 5.88 Å². The van der Waals surface area contributed by atoms with E-state index in [4.69, 9.17) is 29.2 Å². The molecule has 0 saturated carbocycles. The van der Waals surface area contributed by atoms with Gasteiger partial charge in [-0.3, -0.25) is 5.32 Å². The van der Waals surface area contributed by atoms with Crippen LogP contribution in [0.2, 0.25) is 0 Å². The minimum absolute atomic E-state index is 0.105. The average Bonchev–Trinajstić information content (AvgIpc) is 3.03. The molecular weight excluding hydrogens is 436 g/mol. The van der Waals surface area contributed by atoms with Crippen LogP contribution in [-0.4, -0.2) is 53.9 Å². The molecule has 2 rings (SSSR count). The van der Waals surface area contributed by atoms with E-state index in [1.807, 2.05) is 0 Å². The number of nitrogens with zero attached hydrogens (tertiary/aromatic N) is 1. The highest BCUT2D eigenvalue weighted by atomic mass is 16.6. The van der Waals surface area contributed by atoms with Crippen LogP contribution in [-0.2, 0) is 14.2 Å². The summed E-state index contributed by atoms with van der Waals surface area (Å²) in [6, 6.07) is 4.03. The minimum atomic E-state index is -1.00. The minimum Gasteiger partial charge on any atom is -0.473 e. The number of carbonyl (C=O) groups excluding carboxylic acids is 3. The second-order valence-electron chi connectivity index (χ2n) is 9.11. The van der Waals surface area contributed by atoms with Gasteiger partial charge in [0, 0.05) is 5.69 Å². The monoisotopic (exact) mass is 466 g/mol. The van der Waals surface area contributed by atoms with Gasteiger partial charge in [0.15, 0.2) is 5.58 Å². The Morgan fingerprint density at radius 3 is 2.27 bits per heavy atom. The van der Waals surface area contributed by atoms with Crippen molar-refractivity contribution in [2.45, 2.75) is 58.8 Å². The number of amides is 3. The van der Waals surface area contributed by atoms with Gasteiger partial charge >= 0.3 is 18.3 Å². The molecule has 182 valence electrons. The molecule has 12 heteroatoms. The van der Waals surface area contributed by atoms with Crippen molar-refractivity contribution in [2.24, 2.45) is 5.73 Å². The maximum atomic E-state index is 12.1. The molecule has 0 aliphatic rings. The second-order valence-corrected chi connectivity index (χ2v) is 9.11. The first-order chi connectivity index (χ1) is 15.2. The lowest BCUT2D eigenvalue weighted by atomic mass is 10.2. The molecule has 0 fully saturated rings. The number of anilines is 1. The predicted octanol–water partition coefficient (Wildman–Crippen LogP) is 3.54. The molecular formula is C21H30N4O8. The van der Waals surface area contributed by atoms with Crippen molar-refractivity contribution in [2.75, 3.05) is 18.5 Å². The Kier molecular flexibility index (Phi) is 7.96. The molecule has 1 aromatic carbocycles. The van der Waals surface area contributed by atoms with Crippen molar-refractivity contribution in [3.63, 3.8) is 0 Å². The number of aromatic nitrogens is 1. The highest BCUT2D eigenvalue weighted by molar-refractivity contribution is 5.91. The molecule has 3 amide bonds. The fourth-order valence-corrected chi connectivity index (χ4v) is 2.49. The maximum absolute atomic E-state index is 12.1. The van der Waals surface area contributed by atoms with Crippen LogP contribution in [0.3, 0.4) is 0 Å². The van der Waals surface area contributed by atoms with E-state index in [-0.39, 0.29) is 19.1 Å². The van der Waals surface area contributed by atoms with Crippen molar-refractivity contribution in [1.29, 1.82) is 0 Å². The molecule has 2 aromatic rings. The Hall–Kier alpha value is -3.70. The van der Waals surface area contributed by atoms with Crippen LogP contribution in [0.4, 0.5) is 20.1 Å². The van der Waals surface area contributed by atoms with Gasteiger partial charge in [-0.25, -0.2) is 14.4 Å². The highest BCUT2D eigenvalue weighted by Gasteiger charge is 2.22. The molecule has 0 aliphatic heterocycles. The summed E-state index contributed by atoms with van der Waals surface area (Å²) in [6.07, 6.45) is -2.35. The zero-order valence-corrected chi connectivity index (χ0v) is 19.5. The molecule has 0 aliphatic carbocycles. The lowest BCUT2D eigenvalue weighted by Crippen LogP contribution is -2.45. The fraction of sp³-hybridized carbons (Fsp3) is 0.524. The maximum Gasteiger partial charge on any atom is 0.412 e. The SMILES string of the molecule is CC(C)(C)OC(=O)Nc1ccc2onc(OCC(COC(N)=O)NC(=O)OC(C)(C)C)c2c1. The van der Waals surface area contributed by atoms with Gasteiger partial charge in [-0.1, -0.05) is 0 Å². The van der Waals surface area contributed by atoms with E-state index in [2.05, 4.69) is 15.8 Å². The first kappa shape index (κ1) is 25.6. The Bertz CT molecular complexity index is 990. The lowest BCUT2D eigenvalue weighted by molar-refractivity contribution is 0.0444. The number of hydrogen-bond donors (Lipinski definition) is 3. The molecule has 1 unspecified atom stereocenters. The lowest BCUT2D eigenvalue weighted by Gasteiger charge is -2.23. The number of rotatable bonds is 7. The zero-order chi connectivity index (χ0) is 24.8. The molecule has 12 nitrogen and oxygen atoms in total. The highest BCUT2D eigenvalue weighted by Crippen LogP contribution is 2.28. The third-order valence-corrected chi connectivity index (χ3v) is 3.65. The first-order valence-corrected chi connectivity index (χ1v) is 10.2. The standard InChI is InChI=1S/C21H30N4O8/c1-20(2,3)31-18(27)23-12-7-8-15-14(9-12)16(25-33-15)29-10-13(11-30-17(22)26)24-19(28)32-21(4,5)6/h7-9,13H,10-11H2,1-6H3,(H2,22,26)(H,23,27)(H,24,28). The van der Waals surface area contributed by atoms with Gasteiger partial charge in [-0.15, -0.1) is 0 Å². The summed E-state index contributed by atoms with van der Waals surface area (Å²) >= 11 is 0. The molecule has 1 atom stereocenters. The predicted molar refractivity (Wildman–Crippen MR) is 118 cm³/mol. The van der Waals surface area contributed by atoms with Crippen LogP contribution >= 0.6 is 0 Å². The summed E-state index contributed by atoms with van der Waals surface area (Å²) in [6.45, 7) is 10.0. The van der Waals surface area contributed by atoms with Crippen molar-refractivity contribution < 1.29 is 37.9 Å². The second kappa shape index (κ2) is 10.3. The van der Waals surface area contributed by atoms with Crippen LogP contribution in [0.25, 0.3) is 11.0 Å². The number of carbonyl (C=O) groups is 3. The summed E-state index contributed by atoms with van der Waals surface area (Å²) in [7, 11) is 0. The van der Waals surface area contributed by atoms with E-state index in [1.165, 1.54) is 0 Å². The topological polar surface area (TPSA) is 164 Å². The van der Waals surface area contributed by atoms with Crippen LogP contribution in [0.1, 0.15) is 41.5 Å². The van der Waals surface area contributed by atoms with Crippen molar-refractivity contribution in [1.82, 2.24) is 10.5 Å². The fourth-order valence-electron chi connectivity index (χ4n) is 2.49. The van der Waals surface area contributed by atoms with Crippen molar-refractivity contribution in [3.05, 3.63) is 18.2 Å². The third kappa shape index (κ3) is 9.13. The van der Waals surface area contributed by atoms with E-state index in [1.54, 1.807) is 59.7 Å². The zero-order valence-electron chi connectivity index (χ0n) is 19.5. The summed E-state index contributed by atoms with van der Waals surface area (Å²) in [5, 5.41) is 9.50. The van der Waals surface area contributed by atoms with Gasteiger partial charge in [0.1, 0.15) is 30.5 Å². The summed E-state index contributed by atoms with van der Waals surface area (Å²) in [5.41, 5.74) is 4.49. The molecule has 4 N–H and O–H groups in total. The number of hydrogen-bond acceptors (Lipinski definition) is 9. The van der Waals surface area contributed by atoms with E-state index in [0.29, 0.717) is 16.7 Å². The van der Waals surface area contributed by atoms with Gasteiger partial charge in [-0.2, -0.15) is 0 Å². The van der Waals surface area contributed by atoms with Gasteiger partial charge in [0.2, 0.25) is 0 Å². The molecule has 0 bridgehead atoms. The number of nitrogens with two attached hydrogens (primary N) is 1. The Labute approximate surface area is 191 Å². The number of ether oxygens (including phenoxy) is 4. The molecule has 0 radical (unpaired) electrons. The molecule has 33 heavy (non-hydrogen) atoms. The summed E-state index contributed by atoms with van der Waals surface area (Å²) in [4.78, 5) is 35.1. The van der Waals surface area contributed by atoms with E-state index >= 15 is 0 Å². The molecule has 0 spiro atoms. The molecule has 1 heterocycles. The van der Waals surface area contributed by atoms with Crippen LogP contribution in [0, 0.1) is 0 Å². The smallest absolute Gasteiger partial charge is 0.412 e. The number of alkyl carbamates (subject to hydrolysis) is 1. The van der Waals surface area contributed by atoms with Crippen LogP contribution in [0.15, 0.2) is 22.7 Å². The van der Waals surface area contributed by atoms with E-state index in [0.717, 1.165) is 0 Å². The quantitative estimate of drug-likeness (QED) is 0.517. The van der Waals surface area contributed by atoms with E-state index in [9.17, 15) is 14.4 Å². The number of fused-ring (bicyclic) bond motifs is 1. The Morgan fingerprint density at radius 1 is 1.03 bits per heavy atom. The molecule has 0 saturated heterocycles. The Balaban J connectivity index is 2.10. The number of benzene rings is 1. The normalized spacial score (nSPS) is 12.5. The number of primary amides is 1. The average molecular weight is 466 g/mol. The van der Waals surface area contributed by atoms with E-state index < -0.39 is 35.5 Å². The number of nitrogens with one attached hydrogen (secondary N) is 2. The largest absolute Gasteiger partial charge is 0.473 e.